The maximum atomic E-state index is 5.60. The Balaban J connectivity index is 1.98. The standard InChI is InChI=1S/C13H20N4/c1-2-10(7-8-14)5-6-12-16-11-4-3-9-15-13(11)17-12/h3-4,9-10H,2,5-8,14H2,1H3,(H,15,16,17). The van der Waals surface area contributed by atoms with E-state index in [1.807, 2.05) is 12.1 Å². The van der Waals surface area contributed by atoms with Crippen molar-refractivity contribution in [3.63, 3.8) is 0 Å². The van der Waals surface area contributed by atoms with Crippen LogP contribution in [0.4, 0.5) is 0 Å². The zero-order valence-corrected chi connectivity index (χ0v) is 10.3. The number of imidazole rings is 1. The van der Waals surface area contributed by atoms with Crippen LogP contribution in [0.5, 0.6) is 0 Å². The number of nitrogens with one attached hydrogen (secondary N) is 1. The molecule has 4 nitrogen and oxygen atoms in total. The highest BCUT2D eigenvalue weighted by Gasteiger charge is 2.08. The number of H-pyrrole nitrogens is 1. The third kappa shape index (κ3) is 3.03. The van der Waals surface area contributed by atoms with Gasteiger partial charge in [0, 0.05) is 12.6 Å². The van der Waals surface area contributed by atoms with E-state index in [4.69, 9.17) is 5.73 Å². The van der Waals surface area contributed by atoms with Gasteiger partial charge in [-0.15, -0.1) is 0 Å². The number of nitrogens with two attached hydrogens (primary N) is 1. The smallest absolute Gasteiger partial charge is 0.177 e. The van der Waals surface area contributed by atoms with Crippen LogP contribution in [-0.4, -0.2) is 21.5 Å². The van der Waals surface area contributed by atoms with Gasteiger partial charge in [-0.1, -0.05) is 13.3 Å². The molecule has 1 unspecified atom stereocenters. The Labute approximate surface area is 102 Å². The predicted molar refractivity (Wildman–Crippen MR) is 69.7 cm³/mol. The van der Waals surface area contributed by atoms with Crippen molar-refractivity contribution in [3.05, 3.63) is 24.2 Å². The van der Waals surface area contributed by atoms with Gasteiger partial charge in [0.05, 0.1) is 5.52 Å². The van der Waals surface area contributed by atoms with Crippen LogP contribution in [0.15, 0.2) is 18.3 Å². The van der Waals surface area contributed by atoms with Crippen LogP contribution in [0.1, 0.15) is 32.0 Å². The third-order valence-corrected chi connectivity index (χ3v) is 3.25. The number of aryl methyl sites for hydroxylation is 1. The molecule has 2 aromatic heterocycles. The number of hydrogen-bond donors (Lipinski definition) is 2. The molecule has 0 aliphatic carbocycles. The van der Waals surface area contributed by atoms with Crippen molar-refractivity contribution < 1.29 is 0 Å². The number of hydrogen-bond acceptors (Lipinski definition) is 3. The summed E-state index contributed by atoms with van der Waals surface area (Å²) in [7, 11) is 0. The van der Waals surface area contributed by atoms with E-state index in [0.29, 0.717) is 5.92 Å². The molecule has 0 fully saturated rings. The largest absolute Gasteiger partial charge is 0.341 e. The summed E-state index contributed by atoms with van der Waals surface area (Å²) in [6.45, 7) is 3.00. The Kier molecular flexibility index (Phi) is 4.09. The number of fused-ring (bicyclic) bond motifs is 1. The minimum absolute atomic E-state index is 0.709. The number of pyridine rings is 1. The summed E-state index contributed by atoms with van der Waals surface area (Å²) >= 11 is 0. The molecule has 92 valence electrons. The lowest BCUT2D eigenvalue weighted by Crippen LogP contribution is -2.09. The Morgan fingerprint density at radius 1 is 1.41 bits per heavy atom. The van der Waals surface area contributed by atoms with Gasteiger partial charge in [0.2, 0.25) is 0 Å². The first-order valence-electron chi connectivity index (χ1n) is 6.33. The van der Waals surface area contributed by atoms with E-state index < -0.39 is 0 Å². The summed E-state index contributed by atoms with van der Waals surface area (Å²) in [4.78, 5) is 12.0. The number of aromatic nitrogens is 3. The predicted octanol–water partition coefficient (Wildman–Crippen LogP) is 2.27. The highest BCUT2D eigenvalue weighted by Crippen LogP contribution is 2.16. The summed E-state index contributed by atoms with van der Waals surface area (Å²) in [5.41, 5.74) is 7.44. The van der Waals surface area contributed by atoms with E-state index in [9.17, 15) is 0 Å². The Bertz CT molecular complexity index is 430. The van der Waals surface area contributed by atoms with Crippen LogP contribution in [-0.2, 0) is 6.42 Å². The van der Waals surface area contributed by atoms with Crippen LogP contribution in [0.3, 0.4) is 0 Å². The van der Waals surface area contributed by atoms with Crippen molar-refractivity contribution >= 4 is 11.2 Å². The summed E-state index contributed by atoms with van der Waals surface area (Å²) < 4.78 is 0. The zero-order chi connectivity index (χ0) is 12.1. The van der Waals surface area contributed by atoms with Crippen molar-refractivity contribution in [1.29, 1.82) is 0 Å². The van der Waals surface area contributed by atoms with Crippen molar-refractivity contribution in [1.82, 2.24) is 15.0 Å². The molecular weight excluding hydrogens is 212 g/mol. The highest BCUT2D eigenvalue weighted by atomic mass is 15.0. The van der Waals surface area contributed by atoms with Crippen molar-refractivity contribution in [2.24, 2.45) is 11.7 Å². The Morgan fingerprint density at radius 3 is 3.00 bits per heavy atom. The van der Waals surface area contributed by atoms with Crippen molar-refractivity contribution in [2.45, 2.75) is 32.6 Å². The molecule has 0 bridgehead atoms. The highest BCUT2D eigenvalue weighted by molar-refractivity contribution is 5.69. The quantitative estimate of drug-likeness (QED) is 0.802. The minimum Gasteiger partial charge on any atom is -0.341 e. The van der Waals surface area contributed by atoms with Crippen LogP contribution in [0.25, 0.3) is 11.2 Å². The van der Waals surface area contributed by atoms with E-state index in [2.05, 4.69) is 21.9 Å². The minimum atomic E-state index is 0.709. The van der Waals surface area contributed by atoms with Gasteiger partial charge < -0.3 is 10.7 Å². The van der Waals surface area contributed by atoms with Gasteiger partial charge in [-0.25, -0.2) is 9.97 Å². The lowest BCUT2D eigenvalue weighted by molar-refractivity contribution is 0.440. The molecule has 0 aromatic carbocycles. The average molecular weight is 232 g/mol. The summed E-state index contributed by atoms with van der Waals surface area (Å²) in [6, 6.07) is 3.93. The second-order valence-electron chi connectivity index (χ2n) is 4.45. The molecule has 0 aliphatic rings. The fraction of sp³-hybridized carbons (Fsp3) is 0.538. The van der Waals surface area contributed by atoms with Crippen LogP contribution in [0, 0.1) is 5.92 Å². The maximum Gasteiger partial charge on any atom is 0.177 e. The molecule has 1 atom stereocenters. The van der Waals surface area contributed by atoms with Gasteiger partial charge in [0.1, 0.15) is 5.82 Å². The molecule has 2 aromatic rings. The molecule has 17 heavy (non-hydrogen) atoms. The number of rotatable bonds is 6. The summed E-state index contributed by atoms with van der Waals surface area (Å²) in [6.07, 6.45) is 6.20. The molecule has 2 rings (SSSR count). The van der Waals surface area contributed by atoms with Gasteiger partial charge in [-0.05, 0) is 37.4 Å². The summed E-state index contributed by atoms with van der Waals surface area (Å²) in [5, 5.41) is 0. The lowest BCUT2D eigenvalue weighted by Gasteiger charge is -2.11. The molecule has 0 spiro atoms. The molecule has 4 heteroatoms. The molecule has 0 saturated heterocycles. The van der Waals surface area contributed by atoms with Gasteiger partial charge in [-0.3, -0.25) is 0 Å². The fourth-order valence-electron chi connectivity index (χ4n) is 2.14. The summed E-state index contributed by atoms with van der Waals surface area (Å²) in [5.74, 6) is 1.75. The number of aromatic amines is 1. The van der Waals surface area contributed by atoms with E-state index in [0.717, 1.165) is 42.8 Å². The van der Waals surface area contributed by atoms with Crippen molar-refractivity contribution in [3.8, 4) is 0 Å². The van der Waals surface area contributed by atoms with Gasteiger partial charge >= 0.3 is 0 Å². The normalized spacial score (nSPS) is 13.1. The van der Waals surface area contributed by atoms with E-state index in [1.165, 1.54) is 6.42 Å². The van der Waals surface area contributed by atoms with Gasteiger partial charge in [-0.2, -0.15) is 0 Å². The molecule has 0 saturated carbocycles. The fourth-order valence-corrected chi connectivity index (χ4v) is 2.14. The lowest BCUT2D eigenvalue weighted by atomic mass is 9.97. The second kappa shape index (κ2) is 5.77. The Morgan fingerprint density at radius 2 is 2.29 bits per heavy atom. The van der Waals surface area contributed by atoms with Crippen LogP contribution >= 0.6 is 0 Å². The Hall–Kier alpha value is -1.42. The van der Waals surface area contributed by atoms with E-state index in [-0.39, 0.29) is 0 Å². The molecule has 0 radical (unpaired) electrons. The van der Waals surface area contributed by atoms with E-state index >= 15 is 0 Å². The first kappa shape index (κ1) is 12.0. The molecular formula is C13H20N4. The SMILES string of the molecule is CCC(CCN)CCc1nc2ncccc2[nH]1. The topological polar surface area (TPSA) is 67.6 Å². The maximum absolute atomic E-state index is 5.60. The third-order valence-electron chi connectivity index (χ3n) is 3.25. The monoisotopic (exact) mass is 232 g/mol. The first-order chi connectivity index (χ1) is 8.33. The molecule has 3 N–H and O–H groups in total. The average Bonchev–Trinajstić information content (AvgIpc) is 2.77. The molecule has 2 heterocycles. The van der Waals surface area contributed by atoms with Crippen LogP contribution in [0.2, 0.25) is 0 Å². The van der Waals surface area contributed by atoms with Gasteiger partial charge in [0.25, 0.3) is 0 Å². The van der Waals surface area contributed by atoms with Gasteiger partial charge in [0.15, 0.2) is 5.65 Å². The second-order valence-corrected chi connectivity index (χ2v) is 4.45. The first-order valence-corrected chi connectivity index (χ1v) is 6.33. The van der Waals surface area contributed by atoms with Crippen molar-refractivity contribution in [2.75, 3.05) is 6.54 Å². The molecule has 0 aliphatic heterocycles. The zero-order valence-electron chi connectivity index (χ0n) is 10.3. The number of nitrogens with zero attached hydrogens (tertiary/aromatic N) is 2. The van der Waals surface area contributed by atoms with E-state index in [1.54, 1.807) is 6.20 Å². The van der Waals surface area contributed by atoms with Crippen LogP contribution < -0.4 is 5.73 Å². The molecule has 0 amide bonds.